The van der Waals surface area contributed by atoms with Gasteiger partial charge in [-0.05, 0) is 23.8 Å². The molecule has 0 spiro atoms. The smallest absolute Gasteiger partial charge is 0.387 e. The number of amides is 1. The average Bonchev–Trinajstić information content (AvgIpc) is 2.48. The maximum Gasteiger partial charge on any atom is 0.387 e. The molecule has 0 aliphatic carbocycles. The molecule has 3 nitrogen and oxygen atoms in total. The van der Waals surface area contributed by atoms with Crippen LogP contribution in [-0.4, -0.2) is 12.5 Å². The summed E-state index contributed by atoms with van der Waals surface area (Å²) in [6.07, 6.45) is 0.227. The first-order valence-electron chi connectivity index (χ1n) is 6.58. The van der Waals surface area contributed by atoms with Crippen LogP contribution in [0.2, 0.25) is 0 Å². The molecule has 116 valence electrons. The fourth-order valence-electron chi connectivity index (χ4n) is 1.90. The van der Waals surface area contributed by atoms with E-state index in [1.807, 2.05) is 24.3 Å². The maximum absolute atomic E-state index is 12.3. The molecule has 22 heavy (non-hydrogen) atoms. The molecule has 6 heteroatoms. The summed E-state index contributed by atoms with van der Waals surface area (Å²) < 4.78 is 30.0. The van der Waals surface area contributed by atoms with Crippen molar-refractivity contribution in [3.05, 3.63) is 64.1 Å². The zero-order chi connectivity index (χ0) is 15.9. The molecule has 0 unspecified atom stereocenters. The highest BCUT2D eigenvalue weighted by Gasteiger charge is 2.10. The third-order valence-corrected chi connectivity index (χ3v) is 3.47. The molecular weight excluding hydrogens is 356 g/mol. The number of para-hydroxylation sites is 1. The molecule has 2 rings (SSSR count). The Kier molecular flexibility index (Phi) is 5.89. The summed E-state index contributed by atoms with van der Waals surface area (Å²) in [7, 11) is 0. The van der Waals surface area contributed by atoms with Crippen molar-refractivity contribution in [1.29, 1.82) is 0 Å². The van der Waals surface area contributed by atoms with Crippen molar-refractivity contribution in [3.63, 3.8) is 0 Å². The summed E-state index contributed by atoms with van der Waals surface area (Å²) >= 11 is 3.32. The molecule has 1 N–H and O–H groups in total. The first kappa shape index (κ1) is 16.4. The largest absolute Gasteiger partial charge is 0.434 e. The zero-order valence-corrected chi connectivity index (χ0v) is 13.1. The van der Waals surface area contributed by atoms with Crippen LogP contribution in [0.4, 0.5) is 8.78 Å². The molecule has 2 aromatic rings. The van der Waals surface area contributed by atoms with Gasteiger partial charge >= 0.3 is 6.61 Å². The van der Waals surface area contributed by atoms with E-state index in [2.05, 4.69) is 26.0 Å². The second-order valence-electron chi connectivity index (χ2n) is 4.57. The normalized spacial score (nSPS) is 10.5. The number of nitrogens with one attached hydrogen (secondary N) is 1. The Labute approximate surface area is 135 Å². The number of carbonyl (C=O) groups excluding carboxylic acids is 1. The molecule has 0 saturated heterocycles. The van der Waals surface area contributed by atoms with Crippen LogP contribution in [0.3, 0.4) is 0 Å². The van der Waals surface area contributed by atoms with E-state index in [1.165, 1.54) is 6.07 Å². The van der Waals surface area contributed by atoms with Crippen molar-refractivity contribution < 1.29 is 18.3 Å². The summed E-state index contributed by atoms with van der Waals surface area (Å²) in [4.78, 5) is 11.9. The van der Waals surface area contributed by atoms with E-state index in [0.29, 0.717) is 5.56 Å². The molecule has 0 heterocycles. The molecule has 0 atom stereocenters. The molecule has 0 saturated carbocycles. The van der Waals surface area contributed by atoms with Crippen molar-refractivity contribution in [2.45, 2.75) is 19.6 Å². The minimum Gasteiger partial charge on any atom is -0.434 e. The lowest BCUT2D eigenvalue weighted by molar-refractivity contribution is -0.120. The van der Waals surface area contributed by atoms with Crippen LogP contribution in [0.1, 0.15) is 11.1 Å². The zero-order valence-electron chi connectivity index (χ0n) is 11.6. The summed E-state index contributed by atoms with van der Waals surface area (Å²) in [6.45, 7) is -2.75. The monoisotopic (exact) mass is 369 g/mol. The number of hydrogen-bond acceptors (Lipinski definition) is 2. The van der Waals surface area contributed by atoms with Gasteiger partial charge in [0.1, 0.15) is 5.75 Å². The number of rotatable bonds is 6. The minimum absolute atomic E-state index is 0.0708. The van der Waals surface area contributed by atoms with Crippen LogP contribution in [-0.2, 0) is 17.8 Å². The number of alkyl halides is 2. The third kappa shape index (κ3) is 5.11. The Hall–Kier alpha value is -1.95. The Morgan fingerprint density at radius 1 is 1.14 bits per heavy atom. The van der Waals surface area contributed by atoms with Gasteiger partial charge in [0, 0.05) is 16.6 Å². The standard InChI is InChI=1S/C16H14BrF2NO2/c17-13-7-5-11(6-8-13)9-15(21)20-10-12-3-1-2-4-14(12)22-16(18)19/h1-8,16H,9-10H2,(H,20,21). The van der Waals surface area contributed by atoms with Crippen LogP contribution in [0.25, 0.3) is 0 Å². The first-order valence-corrected chi connectivity index (χ1v) is 7.38. The molecule has 2 aromatic carbocycles. The van der Waals surface area contributed by atoms with Gasteiger partial charge in [0.05, 0.1) is 6.42 Å². The maximum atomic E-state index is 12.3. The molecule has 0 bridgehead atoms. The molecule has 0 aromatic heterocycles. The molecular formula is C16H14BrF2NO2. The fourth-order valence-corrected chi connectivity index (χ4v) is 2.17. The van der Waals surface area contributed by atoms with Crippen LogP contribution < -0.4 is 10.1 Å². The van der Waals surface area contributed by atoms with Crippen LogP contribution in [0.5, 0.6) is 5.75 Å². The molecule has 0 radical (unpaired) electrons. The molecule has 0 aliphatic heterocycles. The van der Waals surface area contributed by atoms with Gasteiger partial charge < -0.3 is 10.1 Å². The summed E-state index contributed by atoms with van der Waals surface area (Å²) in [5.74, 6) is -0.115. The van der Waals surface area contributed by atoms with Crippen molar-refractivity contribution in [2.24, 2.45) is 0 Å². The number of halogens is 3. The Morgan fingerprint density at radius 3 is 2.50 bits per heavy atom. The summed E-state index contributed by atoms with van der Waals surface area (Å²) in [6, 6.07) is 13.8. The predicted octanol–water partition coefficient (Wildman–Crippen LogP) is 3.91. The van der Waals surface area contributed by atoms with Crippen LogP contribution >= 0.6 is 15.9 Å². The van der Waals surface area contributed by atoms with E-state index >= 15 is 0 Å². The van der Waals surface area contributed by atoms with Crippen molar-refractivity contribution in [1.82, 2.24) is 5.32 Å². The van der Waals surface area contributed by atoms with Crippen molar-refractivity contribution in [2.75, 3.05) is 0 Å². The van der Waals surface area contributed by atoms with Gasteiger partial charge in [-0.1, -0.05) is 46.3 Å². The Balaban J connectivity index is 1.92. The number of benzene rings is 2. The van der Waals surface area contributed by atoms with Gasteiger partial charge in [-0.25, -0.2) is 0 Å². The van der Waals surface area contributed by atoms with Gasteiger partial charge in [-0.3, -0.25) is 4.79 Å². The highest BCUT2D eigenvalue weighted by Crippen LogP contribution is 2.20. The lowest BCUT2D eigenvalue weighted by Gasteiger charge is -2.11. The molecule has 0 aliphatic rings. The minimum atomic E-state index is -2.89. The Morgan fingerprint density at radius 2 is 1.82 bits per heavy atom. The summed E-state index contributed by atoms with van der Waals surface area (Å²) in [5, 5.41) is 2.70. The van der Waals surface area contributed by atoms with Gasteiger partial charge in [0.2, 0.25) is 5.91 Å². The highest BCUT2D eigenvalue weighted by molar-refractivity contribution is 9.10. The quantitative estimate of drug-likeness (QED) is 0.838. The lowest BCUT2D eigenvalue weighted by Crippen LogP contribution is -2.25. The van der Waals surface area contributed by atoms with Gasteiger partial charge in [0.25, 0.3) is 0 Å². The van der Waals surface area contributed by atoms with Crippen molar-refractivity contribution >= 4 is 21.8 Å². The van der Waals surface area contributed by atoms with Crippen LogP contribution in [0.15, 0.2) is 53.0 Å². The number of hydrogen-bond donors (Lipinski definition) is 1. The Bertz CT molecular complexity index is 632. The molecule has 1 amide bonds. The van der Waals surface area contributed by atoms with E-state index in [-0.39, 0.29) is 24.6 Å². The summed E-state index contributed by atoms with van der Waals surface area (Å²) in [5.41, 5.74) is 1.38. The van der Waals surface area contributed by atoms with Gasteiger partial charge in [0.15, 0.2) is 0 Å². The van der Waals surface area contributed by atoms with Crippen molar-refractivity contribution in [3.8, 4) is 5.75 Å². The highest BCUT2D eigenvalue weighted by atomic mass is 79.9. The lowest BCUT2D eigenvalue weighted by atomic mass is 10.1. The van der Waals surface area contributed by atoms with E-state index < -0.39 is 6.61 Å². The first-order chi connectivity index (χ1) is 10.5. The second kappa shape index (κ2) is 7.89. The predicted molar refractivity (Wildman–Crippen MR) is 82.8 cm³/mol. The van der Waals surface area contributed by atoms with Gasteiger partial charge in [-0.15, -0.1) is 0 Å². The van der Waals surface area contributed by atoms with E-state index in [0.717, 1.165) is 10.0 Å². The third-order valence-electron chi connectivity index (χ3n) is 2.94. The van der Waals surface area contributed by atoms with Gasteiger partial charge in [-0.2, -0.15) is 8.78 Å². The van der Waals surface area contributed by atoms with E-state index in [4.69, 9.17) is 0 Å². The SMILES string of the molecule is O=C(Cc1ccc(Br)cc1)NCc1ccccc1OC(F)F. The number of ether oxygens (including phenoxy) is 1. The fraction of sp³-hybridized carbons (Fsp3) is 0.188. The number of carbonyl (C=O) groups is 1. The topological polar surface area (TPSA) is 38.3 Å². The van der Waals surface area contributed by atoms with E-state index in [1.54, 1.807) is 18.2 Å². The average molecular weight is 370 g/mol. The second-order valence-corrected chi connectivity index (χ2v) is 5.48. The van der Waals surface area contributed by atoms with E-state index in [9.17, 15) is 13.6 Å². The van der Waals surface area contributed by atoms with Crippen LogP contribution in [0, 0.1) is 0 Å². The molecule has 0 fully saturated rings.